The maximum atomic E-state index is 9.07. The highest BCUT2D eigenvalue weighted by molar-refractivity contribution is 5.34. The van der Waals surface area contributed by atoms with Gasteiger partial charge in [0.1, 0.15) is 17.2 Å². The van der Waals surface area contributed by atoms with Crippen LogP contribution in [0, 0.1) is 0 Å². The van der Waals surface area contributed by atoms with E-state index < -0.39 is 0 Å². The number of aliphatic hydroxyl groups excluding tert-OH is 1. The second-order valence-corrected chi connectivity index (χ2v) is 2.91. The van der Waals surface area contributed by atoms with Crippen LogP contribution < -0.4 is 10.5 Å². The van der Waals surface area contributed by atoms with Gasteiger partial charge in [0.2, 0.25) is 0 Å². The molecule has 20 heavy (non-hydrogen) atoms. The monoisotopic (exact) mass is 279 g/mol. The number of para-hydroxylation sites is 1. The first-order valence-electron chi connectivity index (χ1n) is 6.39. The van der Waals surface area contributed by atoms with Crippen LogP contribution in [0.1, 0.15) is 13.8 Å². The van der Waals surface area contributed by atoms with Gasteiger partial charge >= 0.3 is 0 Å². The minimum absolute atomic E-state index is 0.241. The molecule has 2 aromatic rings. The normalized spacial score (nSPS) is 7.70. The van der Waals surface area contributed by atoms with E-state index in [1.807, 2.05) is 44.2 Å². The lowest BCUT2D eigenvalue weighted by molar-refractivity contribution is 0.399. The average molecular weight is 279 g/mol. The van der Waals surface area contributed by atoms with Gasteiger partial charge in [0, 0.05) is 7.11 Å². The smallest absolute Gasteiger partial charge is 0.127 e. The molecule has 0 heterocycles. The summed E-state index contributed by atoms with van der Waals surface area (Å²) in [5, 5.41) is 16.1. The quantitative estimate of drug-likeness (QED) is 0.787. The van der Waals surface area contributed by atoms with Crippen LogP contribution in [0.5, 0.6) is 17.2 Å². The van der Waals surface area contributed by atoms with Gasteiger partial charge in [-0.2, -0.15) is 0 Å². The first-order valence-corrected chi connectivity index (χ1v) is 6.39. The SMILES string of the molecule is CC.CN.CO.Oc1ccc(Oc2ccccc2)cc1. The lowest BCUT2D eigenvalue weighted by Crippen LogP contribution is -1.81. The molecular weight excluding hydrogens is 254 g/mol. The molecule has 0 saturated heterocycles. The predicted octanol–water partition coefficient (Wildman–Crippen LogP) is 3.39. The summed E-state index contributed by atoms with van der Waals surface area (Å²) in [6, 6.07) is 16.2. The second-order valence-electron chi connectivity index (χ2n) is 2.91. The molecule has 112 valence electrons. The number of phenolic OH excluding ortho intramolecular Hbond substituents is 1. The number of aromatic hydroxyl groups is 1. The molecule has 0 spiro atoms. The van der Waals surface area contributed by atoms with E-state index in [1.54, 1.807) is 24.3 Å². The Labute approximate surface area is 121 Å². The highest BCUT2D eigenvalue weighted by Crippen LogP contribution is 2.22. The second kappa shape index (κ2) is 15.0. The molecule has 0 aliphatic heterocycles. The predicted molar refractivity (Wildman–Crippen MR) is 84.2 cm³/mol. The van der Waals surface area contributed by atoms with Crippen LogP contribution in [0.15, 0.2) is 54.6 Å². The lowest BCUT2D eigenvalue weighted by Gasteiger charge is -2.04. The van der Waals surface area contributed by atoms with Crippen molar-refractivity contribution < 1.29 is 14.9 Å². The fourth-order valence-electron chi connectivity index (χ4n) is 1.14. The average Bonchev–Trinajstić information content (AvgIpc) is 2.56. The van der Waals surface area contributed by atoms with Crippen molar-refractivity contribution in [2.45, 2.75) is 13.8 Å². The molecule has 4 heteroatoms. The molecule has 0 amide bonds. The number of hydrogen-bond acceptors (Lipinski definition) is 4. The number of ether oxygens (including phenoxy) is 1. The van der Waals surface area contributed by atoms with E-state index in [0.717, 1.165) is 12.9 Å². The van der Waals surface area contributed by atoms with Gasteiger partial charge in [-0.15, -0.1) is 0 Å². The van der Waals surface area contributed by atoms with E-state index >= 15 is 0 Å². The Morgan fingerprint density at radius 1 is 0.750 bits per heavy atom. The molecular formula is C16H25NO3. The standard InChI is InChI=1S/C12H10O2.C2H6.CH5N.CH4O/c13-10-6-8-12(9-7-10)14-11-4-2-1-3-5-11;3*1-2/h1-9,13H;1-2H3;2H2,1H3;2H,1H3. The molecule has 0 radical (unpaired) electrons. The van der Waals surface area contributed by atoms with Crippen molar-refractivity contribution in [3.63, 3.8) is 0 Å². The van der Waals surface area contributed by atoms with Crippen LogP contribution >= 0.6 is 0 Å². The highest BCUT2D eigenvalue weighted by Gasteiger charge is 1.95. The summed E-state index contributed by atoms with van der Waals surface area (Å²) in [6.07, 6.45) is 0. The molecule has 4 N–H and O–H groups in total. The third-order valence-electron chi connectivity index (χ3n) is 1.82. The summed E-state index contributed by atoms with van der Waals surface area (Å²) in [5.74, 6) is 1.75. The summed E-state index contributed by atoms with van der Waals surface area (Å²) >= 11 is 0. The van der Waals surface area contributed by atoms with Gasteiger partial charge in [-0.05, 0) is 43.4 Å². The fourth-order valence-corrected chi connectivity index (χ4v) is 1.14. The van der Waals surface area contributed by atoms with Crippen LogP contribution in [-0.2, 0) is 0 Å². The van der Waals surface area contributed by atoms with Gasteiger partial charge in [-0.1, -0.05) is 32.0 Å². The van der Waals surface area contributed by atoms with Crippen molar-refractivity contribution in [2.75, 3.05) is 14.2 Å². The molecule has 0 bridgehead atoms. The number of nitrogens with two attached hydrogens (primary N) is 1. The first-order chi connectivity index (χ1) is 9.84. The van der Waals surface area contributed by atoms with Crippen molar-refractivity contribution in [3.05, 3.63) is 54.6 Å². The van der Waals surface area contributed by atoms with Gasteiger partial charge in [0.25, 0.3) is 0 Å². The third kappa shape index (κ3) is 8.97. The summed E-state index contributed by atoms with van der Waals surface area (Å²) in [6.45, 7) is 4.00. The van der Waals surface area contributed by atoms with Crippen LogP contribution in [0.3, 0.4) is 0 Å². The summed E-state index contributed by atoms with van der Waals surface area (Å²) in [5.41, 5.74) is 4.50. The molecule has 0 aliphatic rings. The Bertz CT molecular complexity index is 402. The molecule has 0 atom stereocenters. The minimum Gasteiger partial charge on any atom is -0.508 e. The Kier molecular flexibility index (Phi) is 15.2. The number of hydrogen-bond donors (Lipinski definition) is 3. The van der Waals surface area contributed by atoms with Gasteiger partial charge in [-0.25, -0.2) is 0 Å². The summed E-state index contributed by atoms with van der Waals surface area (Å²) in [4.78, 5) is 0. The van der Waals surface area contributed by atoms with E-state index in [-0.39, 0.29) is 5.75 Å². The lowest BCUT2D eigenvalue weighted by atomic mass is 10.3. The largest absolute Gasteiger partial charge is 0.508 e. The van der Waals surface area contributed by atoms with Crippen molar-refractivity contribution in [2.24, 2.45) is 5.73 Å². The number of rotatable bonds is 2. The zero-order chi connectivity index (χ0) is 15.8. The van der Waals surface area contributed by atoms with E-state index in [0.29, 0.717) is 5.75 Å². The van der Waals surface area contributed by atoms with Crippen molar-refractivity contribution in [1.29, 1.82) is 0 Å². The van der Waals surface area contributed by atoms with E-state index in [9.17, 15) is 0 Å². The highest BCUT2D eigenvalue weighted by atomic mass is 16.5. The molecule has 0 fully saturated rings. The van der Waals surface area contributed by atoms with Crippen LogP contribution in [-0.4, -0.2) is 24.4 Å². The van der Waals surface area contributed by atoms with Gasteiger partial charge in [0.15, 0.2) is 0 Å². The zero-order valence-corrected chi connectivity index (χ0v) is 12.6. The molecule has 4 nitrogen and oxygen atoms in total. The first kappa shape index (κ1) is 20.3. The Hall–Kier alpha value is -2.04. The molecule has 2 aromatic carbocycles. The van der Waals surface area contributed by atoms with Crippen molar-refractivity contribution >= 4 is 0 Å². The molecule has 2 rings (SSSR count). The van der Waals surface area contributed by atoms with Crippen LogP contribution in [0.25, 0.3) is 0 Å². The third-order valence-corrected chi connectivity index (χ3v) is 1.82. The zero-order valence-electron chi connectivity index (χ0n) is 12.6. The maximum absolute atomic E-state index is 9.07. The fraction of sp³-hybridized carbons (Fsp3) is 0.250. The van der Waals surface area contributed by atoms with E-state index in [2.05, 4.69) is 5.73 Å². The topological polar surface area (TPSA) is 75.7 Å². The van der Waals surface area contributed by atoms with E-state index in [4.69, 9.17) is 14.9 Å². The number of phenols is 1. The minimum atomic E-state index is 0.241. The molecule has 0 aliphatic carbocycles. The van der Waals surface area contributed by atoms with Crippen LogP contribution in [0.2, 0.25) is 0 Å². The molecule has 0 unspecified atom stereocenters. The van der Waals surface area contributed by atoms with E-state index in [1.165, 1.54) is 7.05 Å². The van der Waals surface area contributed by atoms with Gasteiger partial charge in [0.05, 0.1) is 0 Å². The Balaban J connectivity index is 0. The van der Waals surface area contributed by atoms with Gasteiger partial charge in [-0.3, -0.25) is 0 Å². The molecule has 0 aromatic heterocycles. The van der Waals surface area contributed by atoms with Crippen molar-refractivity contribution in [3.8, 4) is 17.2 Å². The van der Waals surface area contributed by atoms with Crippen molar-refractivity contribution in [1.82, 2.24) is 0 Å². The maximum Gasteiger partial charge on any atom is 0.127 e. The number of aliphatic hydroxyl groups is 1. The summed E-state index contributed by atoms with van der Waals surface area (Å²) < 4.78 is 5.52. The van der Waals surface area contributed by atoms with Crippen LogP contribution in [0.4, 0.5) is 0 Å². The Morgan fingerprint density at radius 2 is 1.15 bits per heavy atom. The Morgan fingerprint density at radius 3 is 1.60 bits per heavy atom. The van der Waals surface area contributed by atoms with Gasteiger partial charge < -0.3 is 20.7 Å². The molecule has 0 saturated carbocycles. The number of benzene rings is 2. The summed E-state index contributed by atoms with van der Waals surface area (Å²) in [7, 11) is 2.50.